The molecular weight excluding hydrogens is 400 g/mol. The van der Waals surface area contributed by atoms with Gasteiger partial charge in [-0.1, -0.05) is 41.4 Å². The lowest BCUT2D eigenvalue weighted by Crippen LogP contribution is -2.04. The van der Waals surface area contributed by atoms with Gasteiger partial charge in [-0.05, 0) is 48.9 Å². The minimum Gasteiger partial charge on any atom is -0.490 e. The Morgan fingerprint density at radius 1 is 0.857 bits per heavy atom. The van der Waals surface area contributed by atoms with Gasteiger partial charge in [-0.15, -0.1) is 0 Å². The Balaban J connectivity index is 1.75. The third-order valence-electron chi connectivity index (χ3n) is 4.08. The maximum atomic E-state index is 13.0. The van der Waals surface area contributed by atoms with E-state index in [1.165, 1.54) is 12.1 Å². The smallest absolute Gasteiger partial charge is 0.163 e. The van der Waals surface area contributed by atoms with E-state index >= 15 is 0 Å². The molecule has 0 amide bonds. The van der Waals surface area contributed by atoms with Crippen LogP contribution in [0.1, 0.15) is 18.1 Å². The number of benzene rings is 3. The molecule has 3 nitrogen and oxygen atoms in total. The molecule has 0 radical (unpaired) electrons. The molecule has 0 spiro atoms. The lowest BCUT2D eigenvalue weighted by atomic mass is 10.2. The highest BCUT2D eigenvalue weighted by molar-refractivity contribution is 6.31. The number of nitrogens with one attached hydrogen (secondary N) is 1. The average Bonchev–Trinajstić information content (AvgIpc) is 2.69. The van der Waals surface area contributed by atoms with Gasteiger partial charge < -0.3 is 14.8 Å². The van der Waals surface area contributed by atoms with Crippen LogP contribution < -0.4 is 14.8 Å². The van der Waals surface area contributed by atoms with Gasteiger partial charge in [-0.3, -0.25) is 0 Å². The first-order valence-electron chi connectivity index (χ1n) is 8.87. The van der Waals surface area contributed by atoms with Crippen LogP contribution in [0.3, 0.4) is 0 Å². The topological polar surface area (TPSA) is 30.5 Å². The lowest BCUT2D eigenvalue weighted by Gasteiger charge is -2.16. The van der Waals surface area contributed by atoms with Crippen LogP contribution in [0.5, 0.6) is 11.5 Å². The molecule has 0 bridgehead atoms. The summed E-state index contributed by atoms with van der Waals surface area (Å²) in [4.78, 5) is 0. The molecule has 6 heteroatoms. The van der Waals surface area contributed by atoms with E-state index in [-0.39, 0.29) is 5.82 Å². The Hall–Kier alpha value is -2.43. The third kappa shape index (κ3) is 5.31. The molecule has 3 aromatic rings. The second kappa shape index (κ2) is 9.67. The number of ether oxygens (including phenoxy) is 2. The van der Waals surface area contributed by atoms with Crippen molar-refractivity contribution < 1.29 is 13.9 Å². The van der Waals surface area contributed by atoms with E-state index < -0.39 is 0 Å². The number of halogens is 3. The van der Waals surface area contributed by atoms with Crippen LogP contribution in [-0.2, 0) is 13.2 Å². The van der Waals surface area contributed by atoms with E-state index in [1.807, 2.05) is 37.3 Å². The summed E-state index contributed by atoms with van der Waals surface area (Å²) in [6.45, 7) is 3.18. The molecule has 1 N–H and O–H groups in total. The molecule has 0 saturated heterocycles. The summed E-state index contributed by atoms with van der Waals surface area (Å²) in [7, 11) is 0. The highest BCUT2D eigenvalue weighted by Gasteiger charge is 2.12. The standard InChI is InChI=1S/C22H20Cl2FNO2/c1-2-27-21-11-16(13-26-18-9-7-17(25)8-10-18)20(24)12-22(21)28-14-15-5-3-4-6-19(15)23/h3-12,26H,2,13-14H2,1H3. The van der Waals surface area contributed by atoms with Gasteiger partial charge in [0.15, 0.2) is 11.5 Å². The maximum Gasteiger partial charge on any atom is 0.163 e. The van der Waals surface area contributed by atoms with Crippen LogP contribution in [0.15, 0.2) is 60.7 Å². The largest absolute Gasteiger partial charge is 0.490 e. The monoisotopic (exact) mass is 419 g/mol. The van der Waals surface area contributed by atoms with Crippen molar-refractivity contribution in [3.05, 3.63) is 87.7 Å². The Morgan fingerprint density at radius 3 is 2.29 bits per heavy atom. The van der Waals surface area contributed by atoms with Gasteiger partial charge in [0.2, 0.25) is 0 Å². The van der Waals surface area contributed by atoms with Crippen LogP contribution in [0.25, 0.3) is 0 Å². The van der Waals surface area contributed by atoms with E-state index in [2.05, 4.69) is 5.32 Å². The van der Waals surface area contributed by atoms with E-state index in [1.54, 1.807) is 18.2 Å². The molecule has 146 valence electrons. The normalized spacial score (nSPS) is 10.6. The zero-order valence-electron chi connectivity index (χ0n) is 15.3. The molecular formula is C22H20Cl2FNO2. The Bertz CT molecular complexity index is 932. The van der Waals surface area contributed by atoms with Gasteiger partial charge >= 0.3 is 0 Å². The molecule has 0 aromatic heterocycles. The van der Waals surface area contributed by atoms with Gasteiger partial charge in [0.05, 0.1) is 6.61 Å². The molecule has 3 rings (SSSR count). The van der Waals surface area contributed by atoms with Crippen molar-refractivity contribution in [1.29, 1.82) is 0 Å². The maximum absolute atomic E-state index is 13.0. The molecule has 0 atom stereocenters. The van der Waals surface area contributed by atoms with Crippen molar-refractivity contribution in [1.82, 2.24) is 0 Å². The second-order valence-electron chi connectivity index (χ2n) is 6.06. The fourth-order valence-corrected chi connectivity index (χ4v) is 3.04. The van der Waals surface area contributed by atoms with Crippen molar-refractivity contribution in [2.45, 2.75) is 20.1 Å². The van der Waals surface area contributed by atoms with Gasteiger partial charge in [0.1, 0.15) is 12.4 Å². The SMILES string of the molecule is CCOc1cc(CNc2ccc(F)cc2)c(Cl)cc1OCc1ccccc1Cl. The van der Waals surface area contributed by atoms with Crippen LogP contribution in [0.4, 0.5) is 10.1 Å². The summed E-state index contributed by atoms with van der Waals surface area (Å²) in [6.07, 6.45) is 0. The molecule has 0 aliphatic rings. The number of hydrogen-bond acceptors (Lipinski definition) is 3. The molecule has 0 saturated carbocycles. The van der Waals surface area contributed by atoms with E-state index in [4.69, 9.17) is 32.7 Å². The fourth-order valence-electron chi connectivity index (χ4n) is 2.63. The van der Waals surface area contributed by atoms with Crippen molar-refractivity contribution >= 4 is 28.9 Å². The molecule has 0 aliphatic carbocycles. The Labute approximate surface area is 174 Å². The van der Waals surface area contributed by atoms with Crippen LogP contribution in [0, 0.1) is 5.82 Å². The summed E-state index contributed by atoms with van der Waals surface area (Å²) >= 11 is 12.6. The molecule has 0 aliphatic heterocycles. The average molecular weight is 420 g/mol. The number of anilines is 1. The van der Waals surface area contributed by atoms with Crippen LogP contribution in [0.2, 0.25) is 10.0 Å². The van der Waals surface area contributed by atoms with Gasteiger partial charge in [0.25, 0.3) is 0 Å². The molecule has 28 heavy (non-hydrogen) atoms. The number of rotatable bonds is 8. The van der Waals surface area contributed by atoms with Crippen molar-refractivity contribution in [3.63, 3.8) is 0 Å². The number of hydrogen-bond donors (Lipinski definition) is 1. The van der Waals surface area contributed by atoms with Gasteiger partial charge in [-0.2, -0.15) is 0 Å². The fraction of sp³-hybridized carbons (Fsp3) is 0.182. The zero-order valence-corrected chi connectivity index (χ0v) is 16.9. The van der Waals surface area contributed by atoms with E-state index in [0.29, 0.717) is 41.3 Å². The summed E-state index contributed by atoms with van der Waals surface area (Å²) in [6, 6.07) is 17.3. The minimum atomic E-state index is -0.276. The minimum absolute atomic E-state index is 0.276. The highest BCUT2D eigenvalue weighted by Crippen LogP contribution is 2.35. The Kier molecular flexibility index (Phi) is 7.01. The van der Waals surface area contributed by atoms with Crippen LogP contribution in [-0.4, -0.2) is 6.61 Å². The molecule has 0 fully saturated rings. The second-order valence-corrected chi connectivity index (χ2v) is 6.88. The highest BCUT2D eigenvalue weighted by atomic mass is 35.5. The van der Waals surface area contributed by atoms with Gasteiger partial charge in [0, 0.05) is 33.9 Å². The lowest BCUT2D eigenvalue weighted by molar-refractivity contribution is 0.269. The zero-order chi connectivity index (χ0) is 19.9. The summed E-state index contributed by atoms with van der Waals surface area (Å²) in [5.41, 5.74) is 2.53. The summed E-state index contributed by atoms with van der Waals surface area (Å²) in [5.74, 6) is 0.884. The van der Waals surface area contributed by atoms with Crippen LogP contribution >= 0.6 is 23.2 Å². The first kappa shape index (κ1) is 20.3. The van der Waals surface area contributed by atoms with E-state index in [0.717, 1.165) is 16.8 Å². The molecule has 0 unspecified atom stereocenters. The van der Waals surface area contributed by atoms with Crippen molar-refractivity contribution in [2.24, 2.45) is 0 Å². The predicted molar refractivity (Wildman–Crippen MR) is 112 cm³/mol. The van der Waals surface area contributed by atoms with Gasteiger partial charge in [-0.25, -0.2) is 4.39 Å². The van der Waals surface area contributed by atoms with Crippen molar-refractivity contribution in [2.75, 3.05) is 11.9 Å². The quantitative estimate of drug-likeness (QED) is 0.439. The molecule has 0 heterocycles. The summed E-state index contributed by atoms with van der Waals surface area (Å²) < 4.78 is 24.7. The molecule has 3 aromatic carbocycles. The predicted octanol–water partition coefficient (Wildman–Crippen LogP) is 6.72. The summed E-state index contributed by atoms with van der Waals surface area (Å²) in [5, 5.41) is 4.41. The Morgan fingerprint density at radius 2 is 1.57 bits per heavy atom. The first-order chi connectivity index (χ1) is 13.6. The van der Waals surface area contributed by atoms with Crippen molar-refractivity contribution in [3.8, 4) is 11.5 Å². The third-order valence-corrected chi connectivity index (χ3v) is 4.80. The first-order valence-corrected chi connectivity index (χ1v) is 9.63. The van der Waals surface area contributed by atoms with E-state index in [9.17, 15) is 4.39 Å².